The smallest absolute Gasteiger partial charge is 0.321 e. The second kappa shape index (κ2) is 9.25. The molecular formula is C22H26N4O2. The van der Waals surface area contributed by atoms with Crippen molar-refractivity contribution in [3.05, 3.63) is 59.7 Å². The third-order valence-corrected chi connectivity index (χ3v) is 5.02. The first-order valence-corrected chi connectivity index (χ1v) is 9.57. The average Bonchev–Trinajstić information content (AvgIpc) is 3.17. The molecule has 146 valence electrons. The minimum Gasteiger partial charge on any atom is -0.492 e. The number of hydrogen-bond donors (Lipinski definition) is 1. The van der Waals surface area contributed by atoms with Crippen molar-refractivity contribution in [2.75, 3.05) is 32.1 Å². The van der Waals surface area contributed by atoms with E-state index in [4.69, 9.17) is 4.74 Å². The van der Waals surface area contributed by atoms with Crippen molar-refractivity contribution >= 4 is 11.7 Å². The minimum atomic E-state index is -0.167. The lowest BCUT2D eigenvalue weighted by Crippen LogP contribution is -2.41. The van der Waals surface area contributed by atoms with E-state index in [-0.39, 0.29) is 12.1 Å². The predicted molar refractivity (Wildman–Crippen MR) is 109 cm³/mol. The lowest BCUT2D eigenvalue weighted by molar-refractivity contribution is 0.201. The summed E-state index contributed by atoms with van der Waals surface area (Å²) in [4.78, 5) is 16.8. The molecule has 0 aliphatic carbocycles. The highest BCUT2D eigenvalue weighted by Gasteiger charge is 2.28. The molecule has 1 N–H and O–H groups in total. The number of nitrogens with zero attached hydrogens (tertiary/aromatic N) is 3. The molecule has 0 radical (unpaired) electrons. The van der Waals surface area contributed by atoms with Crippen LogP contribution in [0.5, 0.6) is 5.75 Å². The van der Waals surface area contributed by atoms with E-state index in [0.29, 0.717) is 23.6 Å². The molecule has 1 atom stereocenters. The van der Waals surface area contributed by atoms with Gasteiger partial charge in [-0.3, -0.25) is 4.90 Å². The van der Waals surface area contributed by atoms with Gasteiger partial charge in [0.2, 0.25) is 0 Å². The van der Waals surface area contributed by atoms with Crippen LogP contribution in [0, 0.1) is 11.3 Å². The van der Waals surface area contributed by atoms with E-state index in [0.717, 1.165) is 26.1 Å². The second-order valence-electron chi connectivity index (χ2n) is 6.96. The third-order valence-electron chi connectivity index (χ3n) is 5.02. The van der Waals surface area contributed by atoms with Crippen molar-refractivity contribution in [1.29, 1.82) is 5.26 Å². The number of carbonyl (C=O) groups excluding carboxylic acids is 1. The Balaban J connectivity index is 1.57. The van der Waals surface area contributed by atoms with Gasteiger partial charge in [0.1, 0.15) is 11.8 Å². The highest BCUT2D eigenvalue weighted by molar-refractivity contribution is 5.89. The van der Waals surface area contributed by atoms with Gasteiger partial charge in [-0.2, -0.15) is 5.26 Å². The molecule has 1 aliphatic heterocycles. The zero-order valence-corrected chi connectivity index (χ0v) is 16.4. The Bertz CT molecular complexity index is 847. The number of rotatable bonds is 6. The van der Waals surface area contributed by atoms with E-state index < -0.39 is 0 Å². The molecule has 0 spiro atoms. The second-order valence-corrected chi connectivity index (χ2v) is 6.96. The van der Waals surface area contributed by atoms with Gasteiger partial charge in [-0.15, -0.1) is 0 Å². The molecule has 0 unspecified atom stereocenters. The molecule has 28 heavy (non-hydrogen) atoms. The Morgan fingerprint density at radius 2 is 2.11 bits per heavy atom. The monoisotopic (exact) mass is 378 g/mol. The molecule has 1 fully saturated rings. The largest absolute Gasteiger partial charge is 0.492 e. The summed E-state index contributed by atoms with van der Waals surface area (Å²) < 4.78 is 5.43. The van der Waals surface area contributed by atoms with Crippen LogP contribution in [-0.4, -0.2) is 48.6 Å². The van der Waals surface area contributed by atoms with Gasteiger partial charge in [0.05, 0.1) is 12.2 Å². The van der Waals surface area contributed by atoms with Crippen LogP contribution in [0.25, 0.3) is 0 Å². The Kier molecular flexibility index (Phi) is 6.51. The SMILES string of the molecule is CCOc1ccc(NC(=O)N(C)[C@@H]2CCN(Cc3ccccc3)C2)cc1C#N. The van der Waals surface area contributed by atoms with Crippen LogP contribution in [0.2, 0.25) is 0 Å². The van der Waals surface area contributed by atoms with Crippen LogP contribution < -0.4 is 10.1 Å². The maximum atomic E-state index is 12.7. The topological polar surface area (TPSA) is 68.6 Å². The quantitative estimate of drug-likeness (QED) is 0.832. The zero-order chi connectivity index (χ0) is 19.9. The molecular weight excluding hydrogens is 352 g/mol. The Morgan fingerprint density at radius 3 is 2.82 bits per heavy atom. The van der Waals surface area contributed by atoms with Crippen LogP contribution in [0.15, 0.2) is 48.5 Å². The first-order valence-electron chi connectivity index (χ1n) is 9.57. The molecule has 0 bridgehead atoms. The molecule has 0 saturated carbocycles. The highest BCUT2D eigenvalue weighted by atomic mass is 16.5. The van der Waals surface area contributed by atoms with Crippen molar-refractivity contribution in [2.24, 2.45) is 0 Å². The number of urea groups is 1. The summed E-state index contributed by atoms with van der Waals surface area (Å²) in [5, 5.41) is 12.2. The number of ether oxygens (including phenoxy) is 1. The van der Waals surface area contributed by atoms with Gasteiger partial charge in [0.25, 0.3) is 0 Å². The summed E-state index contributed by atoms with van der Waals surface area (Å²) in [5.41, 5.74) is 2.29. The van der Waals surface area contributed by atoms with E-state index in [1.807, 2.05) is 20.0 Å². The van der Waals surface area contributed by atoms with Crippen molar-refractivity contribution < 1.29 is 9.53 Å². The summed E-state index contributed by atoms with van der Waals surface area (Å²) >= 11 is 0. The fraction of sp³-hybridized carbons (Fsp3) is 0.364. The highest BCUT2D eigenvalue weighted by Crippen LogP contribution is 2.23. The fourth-order valence-electron chi connectivity index (χ4n) is 3.47. The summed E-state index contributed by atoms with van der Waals surface area (Å²) in [6.45, 7) is 5.08. The lowest BCUT2D eigenvalue weighted by Gasteiger charge is -2.25. The molecule has 1 saturated heterocycles. The van der Waals surface area contributed by atoms with Crippen LogP contribution in [0.1, 0.15) is 24.5 Å². The molecule has 2 aromatic carbocycles. The normalized spacial score (nSPS) is 16.4. The Labute approximate surface area is 166 Å². The van der Waals surface area contributed by atoms with Gasteiger partial charge in [-0.1, -0.05) is 30.3 Å². The number of benzene rings is 2. The van der Waals surface area contributed by atoms with E-state index in [1.54, 1.807) is 23.1 Å². The number of anilines is 1. The van der Waals surface area contributed by atoms with E-state index >= 15 is 0 Å². The number of likely N-dealkylation sites (tertiary alicyclic amines) is 1. The molecule has 0 aromatic heterocycles. The van der Waals surface area contributed by atoms with Crippen molar-refractivity contribution in [2.45, 2.75) is 25.9 Å². The molecule has 2 amide bonds. The van der Waals surface area contributed by atoms with Crippen molar-refractivity contribution in [1.82, 2.24) is 9.80 Å². The Morgan fingerprint density at radius 1 is 1.32 bits per heavy atom. The number of likely N-dealkylation sites (N-methyl/N-ethyl adjacent to an activating group) is 1. The summed E-state index contributed by atoms with van der Waals surface area (Å²) in [6.07, 6.45) is 0.948. The van der Waals surface area contributed by atoms with Gasteiger partial charge in [0.15, 0.2) is 0 Å². The number of nitrogens with one attached hydrogen (secondary N) is 1. The van der Waals surface area contributed by atoms with Crippen LogP contribution in [0.3, 0.4) is 0 Å². The predicted octanol–water partition coefficient (Wildman–Crippen LogP) is 3.70. The van der Waals surface area contributed by atoms with Crippen molar-refractivity contribution in [3.63, 3.8) is 0 Å². The van der Waals surface area contributed by atoms with Crippen LogP contribution in [0.4, 0.5) is 10.5 Å². The maximum Gasteiger partial charge on any atom is 0.321 e. The third kappa shape index (κ3) is 4.81. The van der Waals surface area contributed by atoms with E-state index in [1.165, 1.54) is 5.56 Å². The van der Waals surface area contributed by atoms with E-state index in [9.17, 15) is 10.1 Å². The summed E-state index contributed by atoms with van der Waals surface area (Å²) in [5.74, 6) is 0.531. The first kappa shape index (κ1) is 19.7. The molecule has 3 rings (SSSR count). The fourth-order valence-corrected chi connectivity index (χ4v) is 3.47. The molecule has 1 aliphatic rings. The number of carbonyl (C=O) groups is 1. The summed E-state index contributed by atoms with van der Waals surface area (Å²) in [7, 11) is 1.83. The van der Waals surface area contributed by atoms with Gasteiger partial charge >= 0.3 is 6.03 Å². The number of hydrogen-bond acceptors (Lipinski definition) is 4. The zero-order valence-electron chi connectivity index (χ0n) is 16.4. The molecule has 2 aromatic rings. The lowest BCUT2D eigenvalue weighted by atomic mass is 10.2. The van der Waals surface area contributed by atoms with Crippen molar-refractivity contribution in [3.8, 4) is 11.8 Å². The average molecular weight is 378 g/mol. The van der Waals surface area contributed by atoms with Gasteiger partial charge in [-0.25, -0.2) is 4.79 Å². The van der Waals surface area contributed by atoms with E-state index in [2.05, 4.69) is 40.6 Å². The summed E-state index contributed by atoms with van der Waals surface area (Å²) in [6, 6.07) is 17.6. The van der Waals surface area contributed by atoms with Gasteiger partial charge in [-0.05, 0) is 37.1 Å². The van der Waals surface area contributed by atoms with Gasteiger partial charge < -0.3 is 15.0 Å². The minimum absolute atomic E-state index is 0.167. The number of amides is 2. The van der Waals surface area contributed by atoms with Crippen LogP contribution >= 0.6 is 0 Å². The van der Waals surface area contributed by atoms with Crippen LogP contribution in [-0.2, 0) is 6.54 Å². The number of nitriles is 1. The molecule has 6 heteroatoms. The Hall–Kier alpha value is -3.04. The standard InChI is InChI=1S/C22H26N4O2/c1-3-28-21-10-9-19(13-18(21)14-23)24-22(27)25(2)20-11-12-26(16-20)15-17-7-5-4-6-8-17/h4-10,13,20H,3,11-12,15-16H2,1-2H3,(H,24,27)/t20-/m1/s1. The first-order chi connectivity index (χ1) is 13.6. The van der Waals surface area contributed by atoms with Gasteiger partial charge in [0, 0.05) is 38.4 Å². The molecule has 1 heterocycles. The molecule has 6 nitrogen and oxygen atoms in total. The maximum absolute atomic E-state index is 12.7.